The van der Waals surface area contributed by atoms with Crippen LogP contribution in [0.15, 0.2) is 33.3 Å². The highest BCUT2D eigenvalue weighted by molar-refractivity contribution is 9.10. The molecular formula is C12H11BrN2O4. The third-order valence-corrected chi connectivity index (χ3v) is 3.05. The van der Waals surface area contributed by atoms with E-state index in [0.717, 1.165) is 10.2 Å². The average Bonchev–Trinajstić information content (AvgIpc) is 2.87. The van der Waals surface area contributed by atoms with E-state index in [2.05, 4.69) is 26.4 Å². The van der Waals surface area contributed by atoms with Crippen LogP contribution in [0.4, 0.5) is 5.69 Å². The zero-order chi connectivity index (χ0) is 13.8. The number of aromatic nitrogens is 1. The number of anilines is 1. The quantitative estimate of drug-likeness (QED) is 0.878. The van der Waals surface area contributed by atoms with E-state index in [0.29, 0.717) is 18.1 Å². The fraction of sp³-hybridized carbons (Fsp3) is 0.167. The van der Waals surface area contributed by atoms with E-state index < -0.39 is 5.97 Å². The van der Waals surface area contributed by atoms with Crippen molar-refractivity contribution in [3.05, 3.63) is 40.2 Å². The first-order valence-electron chi connectivity index (χ1n) is 5.36. The maximum atomic E-state index is 10.6. The van der Waals surface area contributed by atoms with E-state index in [-0.39, 0.29) is 5.69 Å². The van der Waals surface area contributed by atoms with Crippen molar-refractivity contribution < 1.29 is 19.2 Å². The summed E-state index contributed by atoms with van der Waals surface area (Å²) in [6.45, 7) is 0.338. The summed E-state index contributed by atoms with van der Waals surface area (Å²) in [5, 5.41) is 15.2. The molecule has 0 fully saturated rings. The Balaban J connectivity index is 2.03. The van der Waals surface area contributed by atoms with E-state index in [1.807, 2.05) is 18.2 Å². The maximum Gasteiger partial charge on any atom is 0.358 e. The topological polar surface area (TPSA) is 84.6 Å². The Labute approximate surface area is 117 Å². The molecule has 1 heterocycles. The number of rotatable bonds is 5. The predicted molar refractivity (Wildman–Crippen MR) is 71.5 cm³/mol. The summed E-state index contributed by atoms with van der Waals surface area (Å²) in [5.74, 6) is 0.0355. The van der Waals surface area contributed by atoms with Gasteiger partial charge in [0.2, 0.25) is 0 Å². The molecule has 0 aliphatic rings. The Kier molecular flexibility index (Phi) is 4.06. The number of nitrogens with one attached hydrogen (secondary N) is 1. The highest BCUT2D eigenvalue weighted by Gasteiger charge is 2.10. The van der Waals surface area contributed by atoms with Crippen molar-refractivity contribution in [2.24, 2.45) is 0 Å². The number of hydrogen-bond donors (Lipinski definition) is 2. The van der Waals surface area contributed by atoms with Gasteiger partial charge in [-0.3, -0.25) is 0 Å². The number of carbonyl (C=O) groups is 1. The van der Waals surface area contributed by atoms with Gasteiger partial charge in [0.05, 0.1) is 18.1 Å². The number of benzene rings is 1. The van der Waals surface area contributed by atoms with Crippen molar-refractivity contribution in [2.45, 2.75) is 6.54 Å². The molecule has 0 saturated carbocycles. The minimum absolute atomic E-state index is 0.106. The Hall–Kier alpha value is -2.02. The molecule has 0 unspecified atom stereocenters. The molecule has 7 heteroatoms. The van der Waals surface area contributed by atoms with Crippen LogP contribution < -0.4 is 10.1 Å². The number of carboxylic acids is 1. The monoisotopic (exact) mass is 326 g/mol. The molecule has 0 radical (unpaired) electrons. The van der Waals surface area contributed by atoms with Gasteiger partial charge in [-0.15, -0.1) is 0 Å². The van der Waals surface area contributed by atoms with Crippen LogP contribution in [0.5, 0.6) is 5.75 Å². The number of methoxy groups -OCH3 is 1. The molecule has 0 aliphatic heterocycles. The van der Waals surface area contributed by atoms with E-state index >= 15 is 0 Å². The van der Waals surface area contributed by atoms with Crippen LogP contribution in [0.1, 0.15) is 16.2 Å². The van der Waals surface area contributed by atoms with Crippen LogP contribution in [0.3, 0.4) is 0 Å². The molecule has 1 aromatic heterocycles. The van der Waals surface area contributed by atoms with Gasteiger partial charge in [-0.05, 0) is 28.1 Å². The summed E-state index contributed by atoms with van der Waals surface area (Å²) in [6.07, 6.45) is 0. The molecule has 0 aliphatic carbocycles. The van der Waals surface area contributed by atoms with Crippen LogP contribution in [0.25, 0.3) is 0 Å². The zero-order valence-corrected chi connectivity index (χ0v) is 11.6. The first-order chi connectivity index (χ1) is 9.10. The van der Waals surface area contributed by atoms with Crippen LogP contribution >= 0.6 is 15.9 Å². The Morgan fingerprint density at radius 1 is 1.53 bits per heavy atom. The van der Waals surface area contributed by atoms with Crippen LogP contribution in [-0.4, -0.2) is 23.3 Å². The normalized spacial score (nSPS) is 10.2. The largest absolute Gasteiger partial charge is 0.495 e. The van der Waals surface area contributed by atoms with Crippen LogP contribution in [0.2, 0.25) is 0 Å². The molecule has 0 amide bonds. The minimum Gasteiger partial charge on any atom is -0.495 e. The molecule has 2 rings (SSSR count). The van der Waals surface area contributed by atoms with Gasteiger partial charge >= 0.3 is 5.97 Å². The van der Waals surface area contributed by atoms with Gasteiger partial charge in [0.25, 0.3) is 0 Å². The number of halogens is 1. The van der Waals surface area contributed by atoms with E-state index in [1.165, 1.54) is 6.07 Å². The second-order valence-corrected chi connectivity index (χ2v) is 4.54. The highest BCUT2D eigenvalue weighted by Crippen LogP contribution is 2.28. The lowest BCUT2D eigenvalue weighted by Crippen LogP contribution is -1.99. The van der Waals surface area contributed by atoms with Crippen molar-refractivity contribution >= 4 is 27.6 Å². The second kappa shape index (κ2) is 5.75. The zero-order valence-electron chi connectivity index (χ0n) is 10.0. The molecule has 2 N–H and O–H groups in total. The lowest BCUT2D eigenvalue weighted by molar-refractivity contribution is 0.0685. The smallest absolute Gasteiger partial charge is 0.358 e. The van der Waals surface area contributed by atoms with Crippen molar-refractivity contribution in [3.8, 4) is 5.75 Å². The molecule has 100 valence electrons. The fourth-order valence-corrected chi connectivity index (χ4v) is 1.86. The summed E-state index contributed by atoms with van der Waals surface area (Å²) in [7, 11) is 1.58. The number of ether oxygens (including phenoxy) is 1. The Morgan fingerprint density at radius 3 is 2.95 bits per heavy atom. The standard InChI is InChI=1S/C12H11BrN2O4/c1-18-11-4-7(2-3-9(11)13)14-6-8-5-10(12(16)17)15-19-8/h2-5,14H,6H2,1H3,(H,16,17). The van der Waals surface area contributed by atoms with E-state index in [9.17, 15) is 4.79 Å². The van der Waals surface area contributed by atoms with Crippen molar-refractivity contribution in [1.82, 2.24) is 5.16 Å². The molecule has 6 nitrogen and oxygen atoms in total. The van der Waals surface area contributed by atoms with Crippen LogP contribution in [-0.2, 0) is 6.54 Å². The average molecular weight is 327 g/mol. The van der Waals surface area contributed by atoms with Gasteiger partial charge in [-0.25, -0.2) is 4.79 Å². The van der Waals surface area contributed by atoms with Gasteiger partial charge in [0, 0.05) is 17.8 Å². The molecule has 2 aromatic rings. The van der Waals surface area contributed by atoms with Gasteiger partial charge in [0.1, 0.15) is 5.75 Å². The lowest BCUT2D eigenvalue weighted by atomic mass is 10.3. The third-order valence-electron chi connectivity index (χ3n) is 2.40. The Morgan fingerprint density at radius 2 is 2.32 bits per heavy atom. The summed E-state index contributed by atoms with van der Waals surface area (Å²) < 4.78 is 10.9. The molecule has 1 aromatic carbocycles. The van der Waals surface area contributed by atoms with Crippen molar-refractivity contribution in [3.63, 3.8) is 0 Å². The van der Waals surface area contributed by atoms with Crippen molar-refractivity contribution in [1.29, 1.82) is 0 Å². The highest BCUT2D eigenvalue weighted by atomic mass is 79.9. The van der Waals surface area contributed by atoms with E-state index in [4.69, 9.17) is 14.4 Å². The summed E-state index contributed by atoms with van der Waals surface area (Å²) in [5.41, 5.74) is 0.721. The number of hydrogen-bond acceptors (Lipinski definition) is 5. The SMILES string of the molecule is COc1cc(NCc2cc(C(=O)O)no2)ccc1Br. The molecule has 0 atom stereocenters. The van der Waals surface area contributed by atoms with Gasteiger partial charge in [-0.1, -0.05) is 5.16 Å². The lowest BCUT2D eigenvalue weighted by Gasteiger charge is -2.07. The molecular weight excluding hydrogens is 316 g/mol. The van der Waals surface area contributed by atoms with Crippen LogP contribution in [0, 0.1) is 0 Å². The van der Waals surface area contributed by atoms with Gasteiger partial charge < -0.3 is 19.7 Å². The number of nitrogens with zero attached hydrogens (tertiary/aromatic N) is 1. The minimum atomic E-state index is -1.11. The molecule has 0 saturated heterocycles. The first-order valence-corrected chi connectivity index (χ1v) is 6.15. The summed E-state index contributed by atoms with van der Waals surface area (Å²) in [6, 6.07) is 6.91. The number of aromatic carboxylic acids is 1. The fourth-order valence-electron chi connectivity index (χ4n) is 1.46. The third kappa shape index (κ3) is 3.25. The predicted octanol–water partition coefficient (Wildman–Crippen LogP) is 2.76. The summed E-state index contributed by atoms with van der Waals surface area (Å²) >= 11 is 3.36. The molecule has 0 spiro atoms. The molecule has 0 bridgehead atoms. The molecule has 19 heavy (non-hydrogen) atoms. The maximum absolute atomic E-state index is 10.6. The summed E-state index contributed by atoms with van der Waals surface area (Å²) in [4.78, 5) is 10.6. The van der Waals surface area contributed by atoms with Gasteiger partial charge in [0.15, 0.2) is 11.5 Å². The number of carboxylic acid groups (broad SMARTS) is 1. The second-order valence-electron chi connectivity index (χ2n) is 3.69. The van der Waals surface area contributed by atoms with Crippen molar-refractivity contribution in [2.75, 3.05) is 12.4 Å². The van der Waals surface area contributed by atoms with E-state index in [1.54, 1.807) is 7.11 Å². The van der Waals surface area contributed by atoms with Gasteiger partial charge in [-0.2, -0.15) is 0 Å². The Bertz CT molecular complexity index is 597. The first kappa shape index (κ1) is 13.4.